The Kier molecular flexibility index (Phi) is 4.41. The predicted molar refractivity (Wildman–Crippen MR) is 86.6 cm³/mol. The summed E-state index contributed by atoms with van der Waals surface area (Å²) in [5.41, 5.74) is -0.948. The van der Waals surface area contributed by atoms with Gasteiger partial charge in [-0.15, -0.1) is 0 Å². The molecule has 0 aromatic heterocycles. The third-order valence-corrected chi connectivity index (χ3v) is 4.64. The number of alkyl halides is 2. The molecule has 5 heteroatoms. The lowest BCUT2D eigenvalue weighted by Crippen LogP contribution is -2.58. The maximum Gasteiger partial charge on any atom is 0.292 e. The van der Waals surface area contributed by atoms with Crippen molar-refractivity contribution in [2.24, 2.45) is 0 Å². The Bertz CT molecular complexity index is 662. The van der Waals surface area contributed by atoms with E-state index in [9.17, 15) is 13.9 Å². The van der Waals surface area contributed by atoms with E-state index in [1.807, 2.05) is 30.3 Å². The van der Waals surface area contributed by atoms with Crippen LogP contribution < -0.4 is 0 Å². The second-order valence-corrected chi connectivity index (χ2v) is 6.45. The van der Waals surface area contributed by atoms with Crippen LogP contribution in [-0.2, 0) is 12.1 Å². The summed E-state index contributed by atoms with van der Waals surface area (Å²) in [5, 5.41) is 11.1. The van der Waals surface area contributed by atoms with Gasteiger partial charge in [-0.3, -0.25) is 4.90 Å². The highest BCUT2D eigenvalue weighted by atomic mass is 35.5. The maximum atomic E-state index is 14.7. The summed E-state index contributed by atoms with van der Waals surface area (Å²) >= 11 is 5.80. The van der Waals surface area contributed by atoms with E-state index >= 15 is 0 Å². The lowest BCUT2D eigenvalue weighted by atomic mass is 9.81. The number of benzene rings is 2. The Morgan fingerprint density at radius 3 is 2.30 bits per heavy atom. The highest BCUT2D eigenvalue weighted by molar-refractivity contribution is 6.30. The molecule has 2 nitrogen and oxygen atoms in total. The number of nitrogens with zero attached hydrogens (tertiary/aromatic N) is 1. The van der Waals surface area contributed by atoms with Crippen LogP contribution in [-0.4, -0.2) is 29.0 Å². The highest BCUT2D eigenvalue weighted by Crippen LogP contribution is 2.44. The SMILES string of the molecule is OC1(c2ccc(Cl)cc2)CCN(Cc2ccccc2)CC1(F)F. The van der Waals surface area contributed by atoms with Gasteiger partial charge in [0, 0.05) is 18.1 Å². The monoisotopic (exact) mass is 337 g/mol. The minimum absolute atomic E-state index is 0.0194. The fourth-order valence-corrected chi connectivity index (χ4v) is 3.18. The van der Waals surface area contributed by atoms with Gasteiger partial charge in [-0.2, -0.15) is 0 Å². The molecule has 1 heterocycles. The van der Waals surface area contributed by atoms with Crippen LogP contribution in [0.3, 0.4) is 0 Å². The molecular weight excluding hydrogens is 320 g/mol. The van der Waals surface area contributed by atoms with Gasteiger partial charge in [-0.1, -0.05) is 54.1 Å². The van der Waals surface area contributed by atoms with Gasteiger partial charge in [-0.25, -0.2) is 8.78 Å². The maximum absolute atomic E-state index is 14.7. The zero-order chi connectivity index (χ0) is 16.5. The van der Waals surface area contributed by atoms with E-state index in [1.165, 1.54) is 24.3 Å². The van der Waals surface area contributed by atoms with Crippen LogP contribution in [0.5, 0.6) is 0 Å². The summed E-state index contributed by atoms with van der Waals surface area (Å²) in [5.74, 6) is -3.23. The van der Waals surface area contributed by atoms with Gasteiger partial charge in [0.1, 0.15) is 0 Å². The molecule has 2 aromatic rings. The van der Waals surface area contributed by atoms with Gasteiger partial charge in [0.15, 0.2) is 5.60 Å². The molecule has 0 amide bonds. The van der Waals surface area contributed by atoms with Gasteiger partial charge in [0.2, 0.25) is 0 Å². The molecule has 0 saturated carbocycles. The lowest BCUT2D eigenvalue weighted by molar-refractivity contribution is -0.223. The van der Waals surface area contributed by atoms with Crippen molar-refractivity contribution in [3.05, 3.63) is 70.7 Å². The van der Waals surface area contributed by atoms with Gasteiger partial charge < -0.3 is 5.11 Å². The normalized spacial score (nSPS) is 24.5. The third-order valence-electron chi connectivity index (χ3n) is 4.39. The molecule has 0 spiro atoms. The zero-order valence-corrected chi connectivity index (χ0v) is 13.3. The largest absolute Gasteiger partial charge is 0.379 e. The Labute approximate surface area is 139 Å². The van der Waals surface area contributed by atoms with Crippen LogP contribution in [0.25, 0.3) is 0 Å². The predicted octanol–water partition coefficient (Wildman–Crippen LogP) is 4.07. The Morgan fingerprint density at radius 1 is 1.04 bits per heavy atom. The molecule has 1 aliphatic heterocycles. The van der Waals surface area contributed by atoms with Crippen molar-refractivity contribution in [2.45, 2.75) is 24.5 Å². The topological polar surface area (TPSA) is 23.5 Å². The second-order valence-electron chi connectivity index (χ2n) is 6.02. The fourth-order valence-electron chi connectivity index (χ4n) is 3.05. The summed E-state index contributed by atoms with van der Waals surface area (Å²) in [6, 6.07) is 15.5. The Hall–Kier alpha value is -1.49. The average molecular weight is 338 g/mol. The third kappa shape index (κ3) is 3.25. The van der Waals surface area contributed by atoms with Crippen LogP contribution in [0.15, 0.2) is 54.6 Å². The van der Waals surface area contributed by atoms with Crippen molar-refractivity contribution in [1.82, 2.24) is 4.90 Å². The number of likely N-dealkylation sites (tertiary alicyclic amines) is 1. The van der Waals surface area contributed by atoms with E-state index in [4.69, 9.17) is 11.6 Å². The first kappa shape index (κ1) is 16.4. The van der Waals surface area contributed by atoms with Crippen molar-refractivity contribution in [3.8, 4) is 0 Å². The van der Waals surface area contributed by atoms with E-state index in [0.717, 1.165) is 5.56 Å². The summed E-state index contributed by atoms with van der Waals surface area (Å²) in [6.45, 7) is 0.387. The Balaban J connectivity index is 1.78. The minimum atomic E-state index is -3.23. The smallest absolute Gasteiger partial charge is 0.292 e. The molecule has 1 N–H and O–H groups in total. The van der Waals surface area contributed by atoms with E-state index in [1.54, 1.807) is 4.90 Å². The zero-order valence-electron chi connectivity index (χ0n) is 12.6. The van der Waals surface area contributed by atoms with E-state index in [2.05, 4.69) is 0 Å². The first-order valence-corrected chi connectivity index (χ1v) is 7.91. The number of rotatable bonds is 3. The highest BCUT2D eigenvalue weighted by Gasteiger charge is 2.56. The number of halogens is 3. The number of hydrogen-bond donors (Lipinski definition) is 1. The van der Waals surface area contributed by atoms with Gasteiger partial charge in [-0.05, 0) is 29.7 Å². The molecule has 0 bridgehead atoms. The molecule has 1 fully saturated rings. The fraction of sp³-hybridized carbons (Fsp3) is 0.333. The summed E-state index contributed by atoms with van der Waals surface area (Å²) in [4.78, 5) is 1.68. The van der Waals surface area contributed by atoms with Crippen molar-refractivity contribution < 1.29 is 13.9 Å². The van der Waals surface area contributed by atoms with Gasteiger partial charge in [0.05, 0.1) is 6.54 Å². The number of piperidine rings is 1. The van der Waals surface area contributed by atoms with Crippen molar-refractivity contribution in [1.29, 1.82) is 0 Å². The second kappa shape index (κ2) is 6.19. The molecule has 122 valence electrons. The molecule has 23 heavy (non-hydrogen) atoms. The van der Waals surface area contributed by atoms with Gasteiger partial charge >= 0.3 is 0 Å². The standard InChI is InChI=1S/C18H18ClF2NO/c19-16-8-6-15(7-9-16)17(23)10-11-22(13-18(17,20)21)12-14-4-2-1-3-5-14/h1-9,23H,10-13H2. The summed E-state index contributed by atoms with van der Waals surface area (Å²) < 4.78 is 29.3. The average Bonchev–Trinajstić information content (AvgIpc) is 2.52. The van der Waals surface area contributed by atoms with Crippen molar-refractivity contribution >= 4 is 11.6 Å². The quantitative estimate of drug-likeness (QED) is 0.912. The molecule has 1 aliphatic rings. The number of hydrogen-bond acceptors (Lipinski definition) is 2. The molecule has 0 radical (unpaired) electrons. The van der Waals surface area contributed by atoms with Crippen LogP contribution in [0, 0.1) is 0 Å². The first-order valence-electron chi connectivity index (χ1n) is 7.53. The summed E-state index contributed by atoms with van der Waals surface area (Å²) in [7, 11) is 0. The first-order chi connectivity index (χ1) is 10.9. The molecular formula is C18H18ClF2NO. The van der Waals surface area contributed by atoms with Crippen LogP contribution in [0.2, 0.25) is 5.02 Å². The molecule has 2 aromatic carbocycles. The van der Waals surface area contributed by atoms with Crippen molar-refractivity contribution in [2.75, 3.05) is 13.1 Å². The van der Waals surface area contributed by atoms with E-state index in [0.29, 0.717) is 18.1 Å². The van der Waals surface area contributed by atoms with E-state index in [-0.39, 0.29) is 12.0 Å². The van der Waals surface area contributed by atoms with Crippen LogP contribution in [0.1, 0.15) is 17.5 Å². The minimum Gasteiger partial charge on any atom is -0.379 e. The lowest BCUT2D eigenvalue weighted by Gasteiger charge is -2.44. The molecule has 1 atom stereocenters. The van der Waals surface area contributed by atoms with Crippen molar-refractivity contribution in [3.63, 3.8) is 0 Å². The Morgan fingerprint density at radius 2 is 1.70 bits per heavy atom. The molecule has 3 rings (SSSR count). The van der Waals surface area contributed by atoms with Crippen LogP contribution in [0.4, 0.5) is 8.78 Å². The molecule has 1 saturated heterocycles. The summed E-state index contributed by atoms with van der Waals surface area (Å²) in [6.07, 6.45) is -0.0194. The molecule has 0 aliphatic carbocycles. The number of aliphatic hydroxyl groups is 1. The van der Waals surface area contributed by atoms with E-state index < -0.39 is 18.1 Å². The van der Waals surface area contributed by atoms with Gasteiger partial charge in [0.25, 0.3) is 5.92 Å². The van der Waals surface area contributed by atoms with Crippen LogP contribution >= 0.6 is 11.6 Å². The molecule has 1 unspecified atom stereocenters.